The van der Waals surface area contributed by atoms with Crippen molar-refractivity contribution in [1.29, 1.82) is 0 Å². The number of rotatable bonds is 6. The summed E-state index contributed by atoms with van der Waals surface area (Å²) in [5.74, 6) is 0.856. The summed E-state index contributed by atoms with van der Waals surface area (Å²) in [6.07, 6.45) is 6.37. The quantitative estimate of drug-likeness (QED) is 0.876. The number of likely N-dealkylation sites (N-methyl/N-ethyl adjacent to an activating group) is 2. The molecule has 4 nitrogen and oxygen atoms in total. The average molecular weight is 290 g/mol. The van der Waals surface area contributed by atoms with Crippen LogP contribution in [0, 0.1) is 0 Å². The molecule has 0 unspecified atom stereocenters. The maximum absolute atomic E-state index is 12.3. The molecule has 1 fully saturated rings. The molecule has 4 heteroatoms. The van der Waals surface area contributed by atoms with E-state index in [2.05, 4.69) is 5.32 Å². The molecule has 1 amide bonds. The molecule has 0 aromatic heterocycles. The van der Waals surface area contributed by atoms with Crippen molar-refractivity contribution in [1.82, 2.24) is 10.2 Å². The zero-order valence-electron chi connectivity index (χ0n) is 13.1. The minimum atomic E-state index is 0.0411. The maximum Gasteiger partial charge on any atom is 0.253 e. The van der Waals surface area contributed by atoms with E-state index in [4.69, 9.17) is 4.74 Å². The highest BCUT2D eigenvalue weighted by molar-refractivity contribution is 5.94. The third kappa shape index (κ3) is 4.74. The highest BCUT2D eigenvalue weighted by atomic mass is 16.5. The van der Waals surface area contributed by atoms with Crippen LogP contribution in [0.25, 0.3) is 0 Å². The maximum atomic E-state index is 12.3. The minimum absolute atomic E-state index is 0.0411. The molecule has 1 aromatic carbocycles. The summed E-state index contributed by atoms with van der Waals surface area (Å²) in [7, 11) is 3.71. The van der Waals surface area contributed by atoms with Gasteiger partial charge in [-0.2, -0.15) is 0 Å². The highest BCUT2D eigenvalue weighted by Crippen LogP contribution is 2.24. The fourth-order valence-corrected chi connectivity index (χ4v) is 2.68. The molecule has 1 N–H and O–H groups in total. The number of nitrogens with zero attached hydrogens (tertiary/aromatic N) is 1. The van der Waals surface area contributed by atoms with Crippen LogP contribution in [-0.2, 0) is 0 Å². The monoisotopic (exact) mass is 290 g/mol. The minimum Gasteiger partial charge on any atom is -0.490 e. The van der Waals surface area contributed by atoms with Crippen LogP contribution >= 0.6 is 0 Å². The molecule has 21 heavy (non-hydrogen) atoms. The first kappa shape index (κ1) is 15.8. The predicted octanol–water partition coefficient (Wildman–Crippen LogP) is 2.69. The molecule has 0 radical (unpaired) electrons. The van der Waals surface area contributed by atoms with Gasteiger partial charge in [0.1, 0.15) is 5.75 Å². The van der Waals surface area contributed by atoms with E-state index in [9.17, 15) is 4.79 Å². The molecular formula is C17H26N2O2. The zero-order chi connectivity index (χ0) is 15.1. The van der Waals surface area contributed by atoms with E-state index in [1.807, 2.05) is 38.4 Å². The lowest BCUT2D eigenvalue weighted by Gasteiger charge is -2.23. The Kier molecular flexibility index (Phi) is 6.05. The van der Waals surface area contributed by atoms with Crippen molar-refractivity contribution in [3.05, 3.63) is 29.8 Å². The summed E-state index contributed by atoms with van der Waals surface area (Å²) in [5, 5.41) is 3.05. The summed E-state index contributed by atoms with van der Waals surface area (Å²) in [6.45, 7) is 1.49. The van der Waals surface area contributed by atoms with Crippen LogP contribution in [0.15, 0.2) is 24.3 Å². The molecule has 0 atom stereocenters. The van der Waals surface area contributed by atoms with Gasteiger partial charge < -0.3 is 15.0 Å². The Morgan fingerprint density at radius 3 is 2.81 bits per heavy atom. The van der Waals surface area contributed by atoms with Crippen molar-refractivity contribution >= 4 is 5.91 Å². The molecule has 0 bridgehead atoms. The number of carbonyl (C=O) groups excluding carboxylic acids is 1. The Labute approximate surface area is 127 Å². The molecule has 116 valence electrons. The second kappa shape index (κ2) is 8.03. The van der Waals surface area contributed by atoms with Gasteiger partial charge in [-0.15, -0.1) is 0 Å². The third-order valence-electron chi connectivity index (χ3n) is 3.98. The SMILES string of the molecule is CNCCN(C)C(=O)c1cccc(OC2CCCCC2)c1. The summed E-state index contributed by atoms with van der Waals surface area (Å²) < 4.78 is 6.02. The molecule has 1 aromatic rings. The molecule has 0 saturated heterocycles. The van der Waals surface area contributed by atoms with Crippen LogP contribution in [0.4, 0.5) is 0 Å². The van der Waals surface area contributed by atoms with Crippen LogP contribution in [0.3, 0.4) is 0 Å². The number of carbonyl (C=O) groups is 1. The Morgan fingerprint density at radius 1 is 1.33 bits per heavy atom. The van der Waals surface area contributed by atoms with Gasteiger partial charge >= 0.3 is 0 Å². The van der Waals surface area contributed by atoms with Crippen molar-refractivity contribution in [2.24, 2.45) is 0 Å². The van der Waals surface area contributed by atoms with Crippen molar-refractivity contribution in [3.63, 3.8) is 0 Å². The zero-order valence-corrected chi connectivity index (χ0v) is 13.1. The lowest BCUT2D eigenvalue weighted by molar-refractivity contribution is 0.0795. The third-order valence-corrected chi connectivity index (χ3v) is 3.98. The fraction of sp³-hybridized carbons (Fsp3) is 0.588. The second-order valence-electron chi connectivity index (χ2n) is 5.74. The first-order chi connectivity index (χ1) is 10.2. The van der Waals surface area contributed by atoms with E-state index in [0.717, 1.165) is 25.1 Å². The van der Waals surface area contributed by atoms with Crippen LogP contribution < -0.4 is 10.1 Å². The second-order valence-corrected chi connectivity index (χ2v) is 5.74. The lowest BCUT2D eigenvalue weighted by atomic mass is 9.98. The summed E-state index contributed by atoms with van der Waals surface area (Å²) in [4.78, 5) is 14.1. The Hall–Kier alpha value is -1.55. The smallest absolute Gasteiger partial charge is 0.253 e. The standard InChI is InChI=1S/C17H26N2O2/c1-18-11-12-19(2)17(20)14-7-6-10-16(13-14)21-15-8-4-3-5-9-15/h6-7,10,13,15,18H,3-5,8-9,11-12H2,1-2H3. The molecule has 0 heterocycles. The number of hydrogen-bond donors (Lipinski definition) is 1. The van der Waals surface area contributed by atoms with Gasteiger partial charge in [-0.25, -0.2) is 0 Å². The predicted molar refractivity (Wildman–Crippen MR) is 84.8 cm³/mol. The van der Waals surface area contributed by atoms with Crippen molar-refractivity contribution < 1.29 is 9.53 Å². The van der Waals surface area contributed by atoms with Crippen LogP contribution in [0.1, 0.15) is 42.5 Å². The van der Waals surface area contributed by atoms with E-state index < -0.39 is 0 Å². The molecule has 0 aliphatic heterocycles. The lowest BCUT2D eigenvalue weighted by Crippen LogP contribution is -2.32. The molecule has 1 aliphatic rings. The highest BCUT2D eigenvalue weighted by Gasteiger charge is 2.16. The number of nitrogens with one attached hydrogen (secondary N) is 1. The number of amides is 1. The molecule has 0 spiro atoms. The summed E-state index contributed by atoms with van der Waals surface area (Å²) >= 11 is 0. The van der Waals surface area contributed by atoms with Crippen LogP contribution in [0.2, 0.25) is 0 Å². The average Bonchev–Trinajstić information content (AvgIpc) is 2.53. The van der Waals surface area contributed by atoms with Gasteiger partial charge in [0, 0.05) is 25.7 Å². The van der Waals surface area contributed by atoms with E-state index in [0.29, 0.717) is 18.2 Å². The van der Waals surface area contributed by atoms with Gasteiger partial charge in [-0.3, -0.25) is 4.79 Å². The van der Waals surface area contributed by atoms with Crippen molar-refractivity contribution in [3.8, 4) is 5.75 Å². The number of hydrogen-bond acceptors (Lipinski definition) is 3. The normalized spacial score (nSPS) is 15.7. The van der Waals surface area contributed by atoms with E-state index >= 15 is 0 Å². The van der Waals surface area contributed by atoms with Gasteiger partial charge in [0.05, 0.1) is 6.10 Å². The number of benzene rings is 1. The fourth-order valence-electron chi connectivity index (χ4n) is 2.68. The molecule has 2 rings (SSSR count). The van der Waals surface area contributed by atoms with E-state index in [1.54, 1.807) is 4.90 Å². The Morgan fingerprint density at radius 2 is 2.10 bits per heavy atom. The van der Waals surface area contributed by atoms with Gasteiger partial charge in [-0.1, -0.05) is 12.5 Å². The number of ether oxygens (including phenoxy) is 1. The van der Waals surface area contributed by atoms with Gasteiger partial charge in [-0.05, 0) is 50.9 Å². The first-order valence-corrected chi connectivity index (χ1v) is 7.87. The molecular weight excluding hydrogens is 264 g/mol. The van der Waals surface area contributed by atoms with Gasteiger partial charge in [0.15, 0.2) is 0 Å². The van der Waals surface area contributed by atoms with Crippen LogP contribution in [0.5, 0.6) is 5.75 Å². The Balaban J connectivity index is 1.97. The molecule has 1 saturated carbocycles. The van der Waals surface area contributed by atoms with E-state index in [1.165, 1.54) is 19.3 Å². The van der Waals surface area contributed by atoms with Gasteiger partial charge in [0.25, 0.3) is 5.91 Å². The van der Waals surface area contributed by atoms with E-state index in [-0.39, 0.29) is 5.91 Å². The van der Waals surface area contributed by atoms with Crippen molar-refractivity contribution in [2.45, 2.75) is 38.2 Å². The topological polar surface area (TPSA) is 41.6 Å². The summed E-state index contributed by atoms with van der Waals surface area (Å²) in [6, 6.07) is 7.56. The first-order valence-electron chi connectivity index (χ1n) is 7.87. The summed E-state index contributed by atoms with van der Waals surface area (Å²) in [5.41, 5.74) is 0.696. The molecule has 1 aliphatic carbocycles. The van der Waals surface area contributed by atoms with Crippen LogP contribution in [-0.4, -0.2) is 44.1 Å². The Bertz CT molecular complexity index is 456. The van der Waals surface area contributed by atoms with Gasteiger partial charge in [0.2, 0.25) is 0 Å². The largest absolute Gasteiger partial charge is 0.490 e. The van der Waals surface area contributed by atoms with Crippen molar-refractivity contribution in [2.75, 3.05) is 27.2 Å².